The standard InChI is InChI=1S/C5H9NO4S/c1-2-3-6-11(9,10)4-5(7)8/h2,6H,1,3-4H2,(H,7,8). The third-order valence-corrected chi connectivity index (χ3v) is 1.99. The average Bonchev–Trinajstić information content (AvgIpc) is 1.81. The van der Waals surface area contributed by atoms with E-state index in [4.69, 9.17) is 5.11 Å². The summed E-state index contributed by atoms with van der Waals surface area (Å²) in [5, 5.41) is 8.10. The van der Waals surface area contributed by atoms with E-state index in [9.17, 15) is 13.2 Å². The molecule has 0 heterocycles. The molecule has 11 heavy (non-hydrogen) atoms. The normalized spacial score (nSPS) is 10.9. The Labute approximate surface area is 64.8 Å². The van der Waals surface area contributed by atoms with Gasteiger partial charge in [0.2, 0.25) is 10.0 Å². The average molecular weight is 179 g/mol. The van der Waals surface area contributed by atoms with Gasteiger partial charge in [-0.15, -0.1) is 6.58 Å². The van der Waals surface area contributed by atoms with Gasteiger partial charge in [-0.2, -0.15) is 0 Å². The van der Waals surface area contributed by atoms with Gasteiger partial charge in [0.25, 0.3) is 0 Å². The molecule has 0 aromatic rings. The molecule has 0 aliphatic rings. The van der Waals surface area contributed by atoms with Crippen molar-refractivity contribution in [2.45, 2.75) is 0 Å². The summed E-state index contributed by atoms with van der Waals surface area (Å²) in [6.07, 6.45) is 1.33. The lowest BCUT2D eigenvalue weighted by molar-refractivity contribution is -0.134. The molecular weight excluding hydrogens is 170 g/mol. The smallest absolute Gasteiger partial charge is 0.320 e. The molecule has 0 fully saturated rings. The van der Waals surface area contributed by atoms with Crippen LogP contribution in [0.2, 0.25) is 0 Å². The fourth-order valence-electron chi connectivity index (χ4n) is 0.399. The summed E-state index contributed by atoms with van der Waals surface area (Å²) in [6, 6.07) is 0. The fourth-order valence-corrected chi connectivity index (χ4v) is 1.20. The van der Waals surface area contributed by atoms with E-state index in [2.05, 4.69) is 6.58 Å². The Morgan fingerprint density at radius 1 is 1.64 bits per heavy atom. The van der Waals surface area contributed by atoms with E-state index in [0.717, 1.165) is 0 Å². The Balaban J connectivity index is 4.02. The van der Waals surface area contributed by atoms with Crippen molar-refractivity contribution >= 4 is 16.0 Å². The van der Waals surface area contributed by atoms with Crippen molar-refractivity contribution in [1.29, 1.82) is 0 Å². The zero-order valence-electron chi connectivity index (χ0n) is 5.78. The number of aliphatic carboxylic acids is 1. The summed E-state index contributed by atoms with van der Waals surface area (Å²) in [6.45, 7) is 3.32. The van der Waals surface area contributed by atoms with Crippen molar-refractivity contribution in [3.8, 4) is 0 Å². The Bertz CT molecular complexity index is 243. The minimum Gasteiger partial charge on any atom is -0.480 e. The molecular formula is C5H9NO4S. The van der Waals surface area contributed by atoms with Gasteiger partial charge in [-0.25, -0.2) is 13.1 Å². The van der Waals surface area contributed by atoms with Gasteiger partial charge in [-0.05, 0) is 0 Å². The quantitative estimate of drug-likeness (QED) is 0.540. The molecule has 0 aliphatic heterocycles. The van der Waals surface area contributed by atoms with Gasteiger partial charge in [-0.3, -0.25) is 4.79 Å². The van der Waals surface area contributed by atoms with Crippen LogP contribution in [0, 0.1) is 0 Å². The second-order valence-corrected chi connectivity index (χ2v) is 3.60. The lowest BCUT2D eigenvalue weighted by atomic mass is 10.7. The Morgan fingerprint density at radius 3 is 2.55 bits per heavy atom. The van der Waals surface area contributed by atoms with Gasteiger partial charge in [0.1, 0.15) is 0 Å². The van der Waals surface area contributed by atoms with E-state index in [-0.39, 0.29) is 6.54 Å². The first-order valence-corrected chi connectivity index (χ1v) is 4.43. The number of hydrogen-bond donors (Lipinski definition) is 2. The van der Waals surface area contributed by atoms with Crippen molar-refractivity contribution in [2.24, 2.45) is 0 Å². The molecule has 0 atom stereocenters. The monoisotopic (exact) mass is 179 g/mol. The van der Waals surface area contributed by atoms with Crippen LogP contribution in [0.3, 0.4) is 0 Å². The molecule has 0 amide bonds. The third kappa shape index (κ3) is 5.56. The van der Waals surface area contributed by atoms with E-state index in [0.29, 0.717) is 0 Å². The first-order valence-electron chi connectivity index (χ1n) is 2.78. The Kier molecular flexibility index (Phi) is 3.77. The van der Waals surface area contributed by atoms with Crippen molar-refractivity contribution < 1.29 is 18.3 Å². The van der Waals surface area contributed by atoms with Crippen molar-refractivity contribution in [3.63, 3.8) is 0 Å². The molecule has 0 radical (unpaired) electrons. The van der Waals surface area contributed by atoms with E-state index < -0.39 is 21.7 Å². The van der Waals surface area contributed by atoms with E-state index in [1.54, 1.807) is 0 Å². The van der Waals surface area contributed by atoms with Gasteiger partial charge in [0.05, 0.1) is 0 Å². The summed E-state index contributed by atoms with van der Waals surface area (Å²) in [7, 11) is -3.66. The maximum absolute atomic E-state index is 10.7. The molecule has 0 aromatic heterocycles. The van der Waals surface area contributed by atoms with Crippen LogP contribution < -0.4 is 4.72 Å². The predicted octanol–water partition coefficient (Wildman–Crippen LogP) is -0.824. The number of nitrogens with one attached hydrogen (secondary N) is 1. The van der Waals surface area contributed by atoms with Crippen LogP contribution in [0.5, 0.6) is 0 Å². The van der Waals surface area contributed by atoms with Crippen LogP contribution in [-0.2, 0) is 14.8 Å². The maximum atomic E-state index is 10.7. The van der Waals surface area contributed by atoms with Gasteiger partial charge < -0.3 is 5.11 Å². The van der Waals surface area contributed by atoms with E-state index >= 15 is 0 Å². The SMILES string of the molecule is C=CCNS(=O)(=O)CC(=O)O. The molecule has 0 saturated carbocycles. The number of sulfonamides is 1. The number of carboxylic acids is 1. The van der Waals surface area contributed by atoms with Crippen LogP contribution in [0.1, 0.15) is 0 Å². The molecule has 0 unspecified atom stereocenters. The minimum atomic E-state index is -3.66. The number of carboxylic acid groups (broad SMARTS) is 1. The fraction of sp³-hybridized carbons (Fsp3) is 0.400. The van der Waals surface area contributed by atoms with Gasteiger partial charge in [0, 0.05) is 6.54 Å². The first kappa shape index (κ1) is 10.1. The topological polar surface area (TPSA) is 83.5 Å². The highest BCUT2D eigenvalue weighted by atomic mass is 32.2. The maximum Gasteiger partial charge on any atom is 0.320 e. The summed E-state index contributed by atoms with van der Waals surface area (Å²) < 4.78 is 23.3. The highest BCUT2D eigenvalue weighted by Gasteiger charge is 2.13. The second kappa shape index (κ2) is 4.09. The molecule has 0 aromatic carbocycles. The van der Waals surface area contributed by atoms with Crippen molar-refractivity contribution in [1.82, 2.24) is 4.72 Å². The molecule has 0 bridgehead atoms. The van der Waals surface area contributed by atoms with Gasteiger partial charge >= 0.3 is 5.97 Å². The molecule has 5 nitrogen and oxygen atoms in total. The van der Waals surface area contributed by atoms with E-state index in [1.807, 2.05) is 4.72 Å². The van der Waals surface area contributed by atoms with E-state index in [1.165, 1.54) is 6.08 Å². The van der Waals surface area contributed by atoms with Crippen molar-refractivity contribution in [3.05, 3.63) is 12.7 Å². The lowest BCUT2D eigenvalue weighted by Crippen LogP contribution is -2.29. The zero-order valence-corrected chi connectivity index (χ0v) is 6.60. The largest absolute Gasteiger partial charge is 0.480 e. The molecule has 0 spiro atoms. The summed E-state index contributed by atoms with van der Waals surface area (Å²) in [4.78, 5) is 9.93. The predicted molar refractivity (Wildman–Crippen MR) is 39.6 cm³/mol. The highest BCUT2D eigenvalue weighted by molar-refractivity contribution is 7.90. The van der Waals surface area contributed by atoms with Gasteiger partial charge in [0.15, 0.2) is 5.75 Å². The zero-order chi connectivity index (χ0) is 8.91. The van der Waals surface area contributed by atoms with Crippen LogP contribution in [0.15, 0.2) is 12.7 Å². The Morgan fingerprint density at radius 2 is 2.18 bits per heavy atom. The Hall–Kier alpha value is -0.880. The molecule has 64 valence electrons. The summed E-state index contributed by atoms with van der Waals surface area (Å²) in [5.41, 5.74) is 0. The first-order chi connectivity index (χ1) is 4.98. The summed E-state index contributed by atoms with van der Waals surface area (Å²) >= 11 is 0. The van der Waals surface area contributed by atoms with Crippen LogP contribution in [0.25, 0.3) is 0 Å². The molecule has 2 N–H and O–H groups in total. The molecule has 6 heteroatoms. The number of carbonyl (C=O) groups is 1. The van der Waals surface area contributed by atoms with Gasteiger partial charge in [-0.1, -0.05) is 6.08 Å². The number of hydrogen-bond acceptors (Lipinski definition) is 3. The molecule has 0 saturated heterocycles. The molecule has 0 rings (SSSR count). The third-order valence-electron chi connectivity index (χ3n) is 0.761. The van der Waals surface area contributed by atoms with Crippen LogP contribution in [0.4, 0.5) is 0 Å². The van der Waals surface area contributed by atoms with Crippen LogP contribution in [-0.4, -0.2) is 31.8 Å². The minimum absolute atomic E-state index is 0.0512. The van der Waals surface area contributed by atoms with Crippen LogP contribution >= 0.6 is 0 Å². The number of rotatable bonds is 5. The lowest BCUT2D eigenvalue weighted by Gasteiger charge is -1.99. The summed E-state index contributed by atoms with van der Waals surface area (Å²) in [5.74, 6) is -2.28. The second-order valence-electron chi connectivity index (χ2n) is 1.79. The molecule has 0 aliphatic carbocycles. The van der Waals surface area contributed by atoms with Crippen molar-refractivity contribution in [2.75, 3.05) is 12.3 Å². The highest BCUT2D eigenvalue weighted by Crippen LogP contribution is 1.82.